The number of esters is 1. The van der Waals surface area contributed by atoms with Crippen molar-refractivity contribution in [2.45, 2.75) is 18.0 Å². The van der Waals surface area contributed by atoms with E-state index < -0.39 is 17.5 Å². The zero-order valence-electron chi connectivity index (χ0n) is 15.6. The number of carbonyl (C=O) groups is 2. The van der Waals surface area contributed by atoms with Gasteiger partial charge < -0.3 is 9.84 Å². The van der Waals surface area contributed by atoms with E-state index in [1.807, 2.05) is 48.5 Å². The van der Waals surface area contributed by atoms with E-state index in [2.05, 4.69) is 17.4 Å². The molecule has 144 valence electrons. The van der Waals surface area contributed by atoms with Crippen LogP contribution in [0, 0.1) is 0 Å². The molecule has 3 aromatic rings. The van der Waals surface area contributed by atoms with Crippen LogP contribution in [0.3, 0.4) is 0 Å². The Bertz CT molecular complexity index is 1090. The summed E-state index contributed by atoms with van der Waals surface area (Å²) in [7, 11) is 0. The minimum Gasteiger partial charge on any atom is -0.479 e. The molecule has 5 nitrogen and oxygen atoms in total. The van der Waals surface area contributed by atoms with E-state index in [0.717, 1.165) is 27.8 Å². The highest BCUT2D eigenvalue weighted by Crippen LogP contribution is 2.45. The van der Waals surface area contributed by atoms with Gasteiger partial charge in [-0.2, -0.15) is 0 Å². The first-order valence-corrected chi connectivity index (χ1v) is 9.55. The third kappa shape index (κ3) is 2.51. The van der Waals surface area contributed by atoms with E-state index in [1.165, 1.54) is 0 Å². The lowest BCUT2D eigenvalue weighted by atomic mass is 9.90. The molecule has 2 aliphatic rings. The summed E-state index contributed by atoms with van der Waals surface area (Å²) in [4.78, 5) is 25.2. The van der Waals surface area contributed by atoms with Crippen LogP contribution >= 0.6 is 0 Å². The summed E-state index contributed by atoms with van der Waals surface area (Å²) in [5.41, 5.74) is 3.81. The van der Waals surface area contributed by atoms with Crippen molar-refractivity contribution in [3.05, 3.63) is 95.1 Å². The van der Waals surface area contributed by atoms with Crippen LogP contribution in [0.4, 0.5) is 0 Å². The molecule has 0 spiro atoms. The van der Waals surface area contributed by atoms with E-state index in [1.54, 1.807) is 12.1 Å². The Labute approximate surface area is 168 Å². The number of rotatable bonds is 4. The summed E-state index contributed by atoms with van der Waals surface area (Å²) < 4.78 is 5.66. The van der Waals surface area contributed by atoms with Gasteiger partial charge in [-0.1, -0.05) is 72.8 Å². The van der Waals surface area contributed by atoms with Crippen molar-refractivity contribution in [1.29, 1.82) is 0 Å². The van der Waals surface area contributed by atoms with Gasteiger partial charge in [-0.05, 0) is 33.4 Å². The van der Waals surface area contributed by atoms with Gasteiger partial charge in [0.2, 0.25) is 5.54 Å². The Morgan fingerprint density at radius 1 is 0.931 bits per heavy atom. The molecule has 5 heteroatoms. The van der Waals surface area contributed by atoms with E-state index in [-0.39, 0.29) is 12.5 Å². The average molecular weight is 385 g/mol. The van der Waals surface area contributed by atoms with E-state index in [0.29, 0.717) is 12.1 Å². The Morgan fingerprint density at radius 2 is 1.52 bits per heavy atom. The quantitative estimate of drug-likeness (QED) is 0.532. The average Bonchev–Trinajstić information content (AvgIpc) is 3.29. The Balaban J connectivity index is 1.46. The first-order valence-electron chi connectivity index (χ1n) is 9.55. The van der Waals surface area contributed by atoms with Gasteiger partial charge in [-0.3, -0.25) is 5.32 Å². The molecule has 0 aromatic heterocycles. The van der Waals surface area contributed by atoms with Crippen molar-refractivity contribution < 1.29 is 19.4 Å². The van der Waals surface area contributed by atoms with Gasteiger partial charge in [-0.15, -0.1) is 0 Å². The van der Waals surface area contributed by atoms with Gasteiger partial charge in [0.05, 0.1) is 0 Å². The zero-order valence-corrected chi connectivity index (χ0v) is 15.6. The molecule has 1 heterocycles. The molecule has 1 atom stereocenters. The van der Waals surface area contributed by atoms with E-state index in [4.69, 9.17) is 4.74 Å². The number of hydrogen-bond donors (Lipinski definition) is 2. The molecular weight excluding hydrogens is 366 g/mol. The maximum Gasteiger partial charge on any atom is 0.342 e. The number of benzene rings is 3. The normalized spacial score (nSPS) is 19.3. The fourth-order valence-electron chi connectivity index (χ4n) is 4.53. The molecule has 2 N–H and O–H groups in total. The monoisotopic (exact) mass is 385 g/mol. The van der Waals surface area contributed by atoms with Crippen LogP contribution in [0.1, 0.15) is 28.2 Å². The summed E-state index contributed by atoms with van der Waals surface area (Å²) in [6.45, 7) is 0.401. The number of ether oxygens (including phenoxy) is 1. The lowest BCUT2D eigenvalue weighted by molar-refractivity contribution is -0.163. The van der Waals surface area contributed by atoms with Gasteiger partial charge in [0.1, 0.15) is 6.61 Å². The van der Waals surface area contributed by atoms with Crippen LogP contribution in [0.25, 0.3) is 11.1 Å². The number of aliphatic carboxylic acids is 1. The topological polar surface area (TPSA) is 75.6 Å². The third-order valence-electron chi connectivity index (χ3n) is 5.94. The predicted octanol–water partition coefficient (Wildman–Crippen LogP) is 3.43. The largest absolute Gasteiger partial charge is 0.479 e. The van der Waals surface area contributed by atoms with Gasteiger partial charge >= 0.3 is 11.9 Å². The first kappa shape index (κ1) is 17.6. The fraction of sp³-hybridized carbons (Fsp3) is 0.167. The van der Waals surface area contributed by atoms with Crippen molar-refractivity contribution in [2.24, 2.45) is 0 Å². The molecule has 0 radical (unpaired) electrons. The van der Waals surface area contributed by atoms with E-state index in [9.17, 15) is 14.7 Å². The molecule has 29 heavy (non-hydrogen) atoms. The molecule has 1 aliphatic heterocycles. The number of hydrogen-bond acceptors (Lipinski definition) is 4. The Hall–Kier alpha value is -3.44. The summed E-state index contributed by atoms with van der Waals surface area (Å²) in [6.07, 6.45) is 0. The van der Waals surface area contributed by atoms with Crippen molar-refractivity contribution >= 4 is 11.9 Å². The van der Waals surface area contributed by atoms with Gasteiger partial charge in [-0.25, -0.2) is 9.59 Å². The van der Waals surface area contributed by atoms with Gasteiger partial charge in [0.25, 0.3) is 0 Å². The molecule has 1 aliphatic carbocycles. The first-order chi connectivity index (χ1) is 14.1. The van der Waals surface area contributed by atoms with Crippen molar-refractivity contribution in [3.63, 3.8) is 0 Å². The van der Waals surface area contributed by atoms with Crippen molar-refractivity contribution in [3.8, 4) is 11.1 Å². The number of fused-ring (bicyclic) bond motifs is 4. The summed E-state index contributed by atoms with van der Waals surface area (Å²) in [5.74, 6) is -2.15. The molecule has 0 amide bonds. The lowest BCUT2D eigenvalue weighted by Crippen LogP contribution is -2.52. The molecule has 3 aromatic carbocycles. The van der Waals surface area contributed by atoms with Gasteiger partial charge in [0, 0.05) is 12.5 Å². The van der Waals surface area contributed by atoms with Crippen LogP contribution in [0.5, 0.6) is 0 Å². The number of carboxylic acid groups (broad SMARTS) is 1. The maximum atomic E-state index is 13.1. The predicted molar refractivity (Wildman–Crippen MR) is 107 cm³/mol. The molecule has 0 fully saturated rings. The minimum atomic E-state index is -1.87. The van der Waals surface area contributed by atoms with Crippen LogP contribution in [0.15, 0.2) is 72.8 Å². The van der Waals surface area contributed by atoms with Crippen LogP contribution in [-0.4, -0.2) is 23.7 Å². The molecule has 1 unspecified atom stereocenters. The lowest BCUT2D eigenvalue weighted by Gasteiger charge is -2.25. The third-order valence-corrected chi connectivity index (χ3v) is 5.94. The van der Waals surface area contributed by atoms with Crippen molar-refractivity contribution in [2.75, 3.05) is 6.61 Å². The molecule has 5 rings (SSSR count). The molecule has 0 saturated carbocycles. The standard InChI is InChI=1S/C24H19NO4/c26-22(27)24(21-12-6-1-7-15(21)13-25-24)23(28)29-14-20-18-10-4-2-8-16(18)17-9-3-5-11-19(17)20/h1-12,20,25H,13-14H2,(H,26,27). The summed E-state index contributed by atoms with van der Waals surface area (Å²) >= 11 is 0. The number of carboxylic acids is 1. The minimum absolute atomic E-state index is 0.0890. The summed E-state index contributed by atoms with van der Waals surface area (Å²) in [5, 5.41) is 12.8. The smallest absolute Gasteiger partial charge is 0.342 e. The fourth-order valence-corrected chi connectivity index (χ4v) is 4.53. The highest BCUT2D eigenvalue weighted by atomic mass is 16.5. The SMILES string of the molecule is O=C(O)C1(C(=O)OCC2c3ccccc3-c3ccccc32)NCc2ccccc21. The summed E-state index contributed by atoms with van der Waals surface area (Å²) in [6, 6.07) is 23.2. The highest BCUT2D eigenvalue weighted by molar-refractivity contribution is 6.06. The zero-order chi connectivity index (χ0) is 20.0. The Kier molecular flexibility index (Phi) is 4.00. The van der Waals surface area contributed by atoms with Gasteiger partial charge in [0.15, 0.2) is 0 Å². The number of nitrogens with one attached hydrogen (secondary N) is 1. The van der Waals surface area contributed by atoms with Crippen LogP contribution < -0.4 is 5.32 Å². The second kappa shape index (κ2) is 6.57. The second-order valence-corrected chi connectivity index (χ2v) is 7.39. The van der Waals surface area contributed by atoms with Crippen LogP contribution in [0.2, 0.25) is 0 Å². The van der Waals surface area contributed by atoms with Crippen LogP contribution in [-0.2, 0) is 26.4 Å². The molecule has 0 saturated heterocycles. The van der Waals surface area contributed by atoms with Crippen molar-refractivity contribution in [1.82, 2.24) is 5.32 Å². The maximum absolute atomic E-state index is 13.1. The molecular formula is C24H19NO4. The second-order valence-electron chi connectivity index (χ2n) is 7.39. The van der Waals surface area contributed by atoms with E-state index >= 15 is 0 Å². The Morgan fingerprint density at radius 3 is 2.17 bits per heavy atom. The highest BCUT2D eigenvalue weighted by Gasteiger charge is 2.53. The molecule has 0 bridgehead atoms. The number of carbonyl (C=O) groups excluding carboxylic acids is 1.